The van der Waals surface area contributed by atoms with Crippen molar-refractivity contribution in [3.8, 4) is 5.75 Å². The summed E-state index contributed by atoms with van der Waals surface area (Å²) in [4.78, 5) is 11.1. The minimum Gasteiger partial charge on any atom is -0.507 e. The van der Waals surface area contributed by atoms with Gasteiger partial charge in [0.25, 0.3) is 0 Å². The highest BCUT2D eigenvalue weighted by Crippen LogP contribution is 2.40. The zero-order valence-electron chi connectivity index (χ0n) is 14.6. The Kier molecular flexibility index (Phi) is 5.24. The van der Waals surface area contributed by atoms with E-state index in [1.807, 2.05) is 41.5 Å². The number of rotatable bonds is 3. The lowest BCUT2D eigenvalue weighted by atomic mass is 9.78. The Morgan fingerprint density at radius 2 is 1.35 bits per heavy atom. The second-order valence-electron chi connectivity index (χ2n) is 7.96. The Morgan fingerprint density at radius 3 is 1.65 bits per heavy atom. The third-order valence-electron chi connectivity index (χ3n) is 3.74. The lowest BCUT2D eigenvalue weighted by molar-refractivity contribution is -0.171. The SMILES string of the molecule is CC(C)(C)c1cc(CCC(=O)C(F)(F)F)cc(C(C)(C)C)c1O. The molecule has 2 nitrogen and oxygen atoms in total. The van der Waals surface area contributed by atoms with Gasteiger partial charge in [0.2, 0.25) is 5.78 Å². The van der Waals surface area contributed by atoms with E-state index in [2.05, 4.69) is 0 Å². The van der Waals surface area contributed by atoms with Crippen molar-refractivity contribution in [2.45, 2.75) is 71.4 Å². The molecular formula is C18H25F3O2. The molecule has 1 rings (SSSR count). The molecule has 0 aromatic heterocycles. The Labute approximate surface area is 135 Å². The van der Waals surface area contributed by atoms with Crippen LogP contribution in [-0.4, -0.2) is 17.1 Å². The van der Waals surface area contributed by atoms with Gasteiger partial charge in [-0.3, -0.25) is 4.79 Å². The van der Waals surface area contributed by atoms with Crippen LogP contribution in [0.4, 0.5) is 13.2 Å². The molecule has 0 atom stereocenters. The second kappa shape index (κ2) is 6.17. The van der Waals surface area contributed by atoms with Gasteiger partial charge in [0.1, 0.15) is 5.75 Å². The Morgan fingerprint density at radius 1 is 0.957 bits per heavy atom. The van der Waals surface area contributed by atoms with E-state index < -0.39 is 18.4 Å². The van der Waals surface area contributed by atoms with Gasteiger partial charge in [-0.1, -0.05) is 53.7 Å². The van der Waals surface area contributed by atoms with Crippen LogP contribution < -0.4 is 0 Å². The molecule has 0 saturated heterocycles. The molecule has 0 radical (unpaired) electrons. The van der Waals surface area contributed by atoms with E-state index in [1.165, 1.54) is 0 Å². The molecule has 0 unspecified atom stereocenters. The molecule has 0 amide bonds. The number of phenolic OH excluding ortho intramolecular Hbond substituents is 1. The number of hydrogen-bond donors (Lipinski definition) is 1. The van der Waals surface area contributed by atoms with Gasteiger partial charge >= 0.3 is 6.18 Å². The highest BCUT2D eigenvalue weighted by atomic mass is 19.4. The number of carbonyl (C=O) groups excluding carboxylic acids is 1. The molecule has 1 aromatic rings. The van der Waals surface area contributed by atoms with Crippen molar-refractivity contribution in [3.63, 3.8) is 0 Å². The highest BCUT2D eigenvalue weighted by Gasteiger charge is 2.37. The van der Waals surface area contributed by atoms with Crippen LogP contribution in [0.1, 0.15) is 64.7 Å². The van der Waals surface area contributed by atoms with E-state index in [0.29, 0.717) is 16.7 Å². The lowest BCUT2D eigenvalue weighted by Gasteiger charge is -2.28. The van der Waals surface area contributed by atoms with E-state index >= 15 is 0 Å². The van der Waals surface area contributed by atoms with Crippen LogP contribution in [0.2, 0.25) is 0 Å². The van der Waals surface area contributed by atoms with Crippen molar-refractivity contribution in [2.24, 2.45) is 0 Å². The van der Waals surface area contributed by atoms with Crippen molar-refractivity contribution in [2.75, 3.05) is 0 Å². The van der Waals surface area contributed by atoms with Crippen LogP contribution in [0.3, 0.4) is 0 Å². The summed E-state index contributed by atoms with van der Waals surface area (Å²) in [6.07, 6.45) is -5.37. The number of aryl methyl sites for hydroxylation is 1. The normalized spacial score (nSPS) is 13.3. The number of phenols is 1. The number of halogens is 3. The minimum atomic E-state index is -4.80. The number of benzene rings is 1. The van der Waals surface area contributed by atoms with Crippen molar-refractivity contribution in [1.29, 1.82) is 0 Å². The van der Waals surface area contributed by atoms with Gasteiger partial charge in [-0.25, -0.2) is 0 Å². The van der Waals surface area contributed by atoms with Crippen LogP contribution in [0.25, 0.3) is 0 Å². The van der Waals surface area contributed by atoms with Gasteiger partial charge in [-0.15, -0.1) is 0 Å². The minimum absolute atomic E-state index is 0.00475. The molecule has 0 heterocycles. The predicted octanol–water partition coefficient (Wildman–Crippen LogP) is 5.05. The molecule has 0 bridgehead atoms. The zero-order chi connectivity index (χ0) is 18.2. The number of carbonyl (C=O) groups is 1. The Balaban J connectivity index is 3.27. The maximum atomic E-state index is 12.4. The second-order valence-corrected chi connectivity index (χ2v) is 7.96. The molecule has 0 spiro atoms. The van der Waals surface area contributed by atoms with Crippen molar-refractivity contribution >= 4 is 5.78 Å². The molecule has 1 N–H and O–H groups in total. The summed E-state index contributed by atoms with van der Waals surface area (Å²) >= 11 is 0. The number of ketones is 1. The smallest absolute Gasteiger partial charge is 0.449 e. The molecule has 0 aliphatic rings. The fourth-order valence-corrected chi connectivity index (χ4v) is 2.38. The average molecular weight is 330 g/mol. The van der Waals surface area contributed by atoms with Crippen molar-refractivity contribution < 1.29 is 23.1 Å². The van der Waals surface area contributed by atoms with Gasteiger partial charge < -0.3 is 5.11 Å². The molecule has 0 aliphatic heterocycles. The summed E-state index contributed by atoms with van der Waals surface area (Å²) in [5.74, 6) is -1.55. The van der Waals surface area contributed by atoms with E-state index in [1.54, 1.807) is 12.1 Å². The van der Waals surface area contributed by atoms with Gasteiger partial charge in [0, 0.05) is 6.42 Å². The molecule has 0 saturated carbocycles. The zero-order valence-corrected chi connectivity index (χ0v) is 14.6. The Hall–Kier alpha value is -1.52. The first-order valence-electron chi connectivity index (χ1n) is 7.61. The lowest BCUT2D eigenvalue weighted by Crippen LogP contribution is -2.23. The van der Waals surface area contributed by atoms with Crippen LogP contribution in [0, 0.1) is 0 Å². The van der Waals surface area contributed by atoms with Gasteiger partial charge in [0.05, 0.1) is 0 Å². The van der Waals surface area contributed by atoms with Gasteiger partial charge in [-0.2, -0.15) is 13.2 Å². The first-order chi connectivity index (χ1) is 10.1. The standard InChI is InChI=1S/C18H25F3O2/c1-16(2,3)12-9-11(7-8-14(22)18(19,20)21)10-13(15(12)23)17(4,5)6/h9-10,23H,7-8H2,1-6H3. The molecule has 0 fully saturated rings. The van der Waals surface area contributed by atoms with Crippen molar-refractivity contribution in [3.05, 3.63) is 28.8 Å². The maximum Gasteiger partial charge on any atom is 0.449 e. The average Bonchev–Trinajstić information content (AvgIpc) is 2.32. The number of aromatic hydroxyl groups is 1. The first kappa shape index (κ1) is 19.5. The summed E-state index contributed by atoms with van der Waals surface area (Å²) in [7, 11) is 0. The van der Waals surface area contributed by atoms with Crippen LogP contribution in [0.5, 0.6) is 5.75 Å². The third-order valence-corrected chi connectivity index (χ3v) is 3.74. The number of hydrogen-bond acceptors (Lipinski definition) is 2. The highest BCUT2D eigenvalue weighted by molar-refractivity contribution is 5.84. The summed E-state index contributed by atoms with van der Waals surface area (Å²) in [5, 5.41) is 10.5. The fourth-order valence-electron chi connectivity index (χ4n) is 2.38. The van der Waals surface area contributed by atoms with Crippen LogP contribution >= 0.6 is 0 Å². The predicted molar refractivity (Wildman–Crippen MR) is 84.9 cm³/mol. The molecule has 5 heteroatoms. The first-order valence-corrected chi connectivity index (χ1v) is 7.61. The molecule has 130 valence electrons. The third kappa shape index (κ3) is 4.98. The van der Waals surface area contributed by atoms with E-state index in [4.69, 9.17) is 0 Å². The summed E-state index contributed by atoms with van der Waals surface area (Å²) in [5.41, 5.74) is 1.29. The molecule has 0 aliphatic carbocycles. The van der Waals surface area contributed by atoms with Crippen molar-refractivity contribution in [1.82, 2.24) is 0 Å². The molecular weight excluding hydrogens is 305 g/mol. The van der Waals surface area contributed by atoms with Gasteiger partial charge in [-0.05, 0) is 33.9 Å². The topological polar surface area (TPSA) is 37.3 Å². The van der Waals surface area contributed by atoms with E-state index in [-0.39, 0.29) is 23.0 Å². The summed E-state index contributed by atoms with van der Waals surface area (Å²) in [6.45, 7) is 11.6. The monoisotopic (exact) mass is 330 g/mol. The van der Waals surface area contributed by atoms with E-state index in [0.717, 1.165) is 0 Å². The maximum absolute atomic E-state index is 12.4. The van der Waals surface area contributed by atoms with Crippen LogP contribution in [-0.2, 0) is 22.0 Å². The molecule has 1 aromatic carbocycles. The Bertz CT molecular complexity index is 553. The quantitative estimate of drug-likeness (QED) is 0.842. The summed E-state index contributed by atoms with van der Waals surface area (Å²) in [6, 6.07) is 3.41. The van der Waals surface area contributed by atoms with E-state index in [9.17, 15) is 23.1 Å². The van der Waals surface area contributed by atoms with Crippen LogP contribution in [0.15, 0.2) is 12.1 Å². The fraction of sp³-hybridized carbons (Fsp3) is 0.611. The van der Waals surface area contributed by atoms with Gasteiger partial charge in [0.15, 0.2) is 0 Å². The number of Topliss-reactive ketones (excluding diaryl/α,β-unsaturated/α-hetero) is 1. The number of alkyl halides is 3. The summed E-state index contributed by atoms with van der Waals surface area (Å²) < 4.78 is 37.1. The largest absolute Gasteiger partial charge is 0.507 e. The molecule has 23 heavy (non-hydrogen) atoms.